The molecule has 3 heteroatoms. The molecule has 80 valence electrons. The zero-order valence-electron chi connectivity index (χ0n) is 9.16. The van der Waals surface area contributed by atoms with E-state index in [2.05, 4.69) is 6.92 Å². The van der Waals surface area contributed by atoms with E-state index in [1.54, 1.807) is 0 Å². The molecule has 0 aliphatic carbocycles. The molecule has 1 atom stereocenters. The van der Waals surface area contributed by atoms with Crippen molar-refractivity contribution in [2.75, 3.05) is 10.6 Å². The maximum absolute atomic E-state index is 11.7. The van der Waals surface area contributed by atoms with Crippen LogP contribution in [0.25, 0.3) is 0 Å². The van der Waals surface area contributed by atoms with Crippen LogP contribution >= 0.6 is 0 Å². The largest absolute Gasteiger partial charge is 0.399 e. The van der Waals surface area contributed by atoms with E-state index >= 15 is 0 Å². The molecule has 1 aliphatic heterocycles. The Hall–Kier alpha value is -1.51. The van der Waals surface area contributed by atoms with Gasteiger partial charge in [-0.2, -0.15) is 0 Å². The zero-order valence-corrected chi connectivity index (χ0v) is 9.16. The minimum Gasteiger partial charge on any atom is -0.399 e. The van der Waals surface area contributed by atoms with Crippen molar-refractivity contribution in [1.82, 2.24) is 0 Å². The van der Waals surface area contributed by atoms with Crippen molar-refractivity contribution in [2.24, 2.45) is 0 Å². The first-order valence-electron chi connectivity index (χ1n) is 5.28. The first-order chi connectivity index (χ1) is 7.09. The van der Waals surface area contributed by atoms with E-state index in [0.717, 1.165) is 17.7 Å². The third-order valence-corrected chi connectivity index (χ3v) is 2.98. The van der Waals surface area contributed by atoms with Gasteiger partial charge < -0.3 is 10.6 Å². The fourth-order valence-corrected chi connectivity index (χ4v) is 2.09. The number of nitrogens with zero attached hydrogens (tertiary/aromatic N) is 1. The second-order valence-electron chi connectivity index (χ2n) is 4.20. The van der Waals surface area contributed by atoms with Crippen LogP contribution in [0.3, 0.4) is 0 Å². The number of nitrogen functional groups attached to an aromatic ring is 1. The lowest BCUT2D eigenvalue weighted by atomic mass is 10.1. The molecule has 0 spiro atoms. The maximum atomic E-state index is 11.7. The van der Waals surface area contributed by atoms with Gasteiger partial charge in [-0.05, 0) is 38.0 Å². The van der Waals surface area contributed by atoms with Crippen LogP contribution in [0, 0.1) is 6.92 Å². The minimum atomic E-state index is 0.205. The van der Waals surface area contributed by atoms with Crippen molar-refractivity contribution in [3.8, 4) is 0 Å². The predicted octanol–water partition coefficient (Wildman–Crippen LogP) is 2.09. The molecular formula is C12H16N2O. The summed E-state index contributed by atoms with van der Waals surface area (Å²) in [6.07, 6.45) is 1.59. The second kappa shape index (κ2) is 3.57. The van der Waals surface area contributed by atoms with Crippen molar-refractivity contribution in [3.63, 3.8) is 0 Å². The lowest BCUT2D eigenvalue weighted by molar-refractivity contribution is -0.117. The molecule has 1 amide bonds. The van der Waals surface area contributed by atoms with Gasteiger partial charge in [-0.25, -0.2) is 0 Å². The summed E-state index contributed by atoms with van der Waals surface area (Å²) < 4.78 is 0. The number of hydrogen-bond donors (Lipinski definition) is 1. The van der Waals surface area contributed by atoms with Gasteiger partial charge in [0.1, 0.15) is 0 Å². The summed E-state index contributed by atoms with van der Waals surface area (Å²) in [6, 6.07) is 6.00. The van der Waals surface area contributed by atoms with Crippen molar-refractivity contribution in [2.45, 2.75) is 32.7 Å². The Kier molecular flexibility index (Phi) is 2.39. The third-order valence-electron chi connectivity index (χ3n) is 2.98. The number of carbonyl (C=O) groups is 1. The van der Waals surface area contributed by atoms with Gasteiger partial charge in [0.15, 0.2) is 0 Å². The van der Waals surface area contributed by atoms with E-state index in [4.69, 9.17) is 5.73 Å². The highest BCUT2D eigenvalue weighted by Gasteiger charge is 2.29. The van der Waals surface area contributed by atoms with Gasteiger partial charge in [0.2, 0.25) is 5.91 Å². The van der Waals surface area contributed by atoms with Crippen LogP contribution < -0.4 is 10.6 Å². The van der Waals surface area contributed by atoms with E-state index in [9.17, 15) is 4.79 Å². The van der Waals surface area contributed by atoms with Gasteiger partial charge in [0.25, 0.3) is 0 Å². The fourth-order valence-electron chi connectivity index (χ4n) is 2.09. The van der Waals surface area contributed by atoms with Crippen LogP contribution in [-0.4, -0.2) is 11.9 Å². The molecule has 1 aromatic carbocycles. The molecule has 0 aromatic heterocycles. The number of anilines is 2. The van der Waals surface area contributed by atoms with Crippen LogP contribution in [0.5, 0.6) is 0 Å². The van der Waals surface area contributed by atoms with E-state index in [1.807, 2.05) is 30.0 Å². The van der Waals surface area contributed by atoms with Crippen molar-refractivity contribution >= 4 is 17.3 Å². The Morgan fingerprint density at radius 2 is 2.20 bits per heavy atom. The number of hydrogen-bond acceptors (Lipinski definition) is 2. The summed E-state index contributed by atoms with van der Waals surface area (Å²) in [5.41, 5.74) is 8.52. The summed E-state index contributed by atoms with van der Waals surface area (Å²) in [4.78, 5) is 13.6. The van der Waals surface area contributed by atoms with Crippen LogP contribution in [0.2, 0.25) is 0 Å². The monoisotopic (exact) mass is 204 g/mol. The Bertz CT molecular complexity index is 401. The first kappa shape index (κ1) is 10.0. The number of amides is 1. The fraction of sp³-hybridized carbons (Fsp3) is 0.417. The molecule has 0 radical (unpaired) electrons. The van der Waals surface area contributed by atoms with Gasteiger partial charge in [0, 0.05) is 23.8 Å². The summed E-state index contributed by atoms with van der Waals surface area (Å²) in [5, 5.41) is 0. The standard InChI is InChI=1S/C12H16N2O/c1-8-3-5-10(13)7-11(8)14-9(2)4-6-12(14)15/h3,5,7,9H,4,6,13H2,1-2H3. The quantitative estimate of drug-likeness (QED) is 0.712. The molecule has 1 aromatic rings. The Balaban J connectivity index is 2.44. The van der Waals surface area contributed by atoms with E-state index in [-0.39, 0.29) is 11.9 Å². The van der Waals surface area contributed by atoms with Gasteiger partial charge in [-0.1, -0.05) is 6.07 Å². The molecule has 2 rings (SSSR count). The third kappa shape index (κ3) is 1.69. The lowest BCUT2D eigenvalue weighted by Crippen LogP contribution is -2.31. The summed E-state index contributed by atoms with van der Waals surface area (Å²) in [7, 11) is 0. The van der Waals surface area contributed by atoms with Crippen LogP contribution in [0.1, 0.15) is 25.3 Å². The summed E-state index contributed by atoms with van der Waals surface area (Å²) >= 11 is 0. The molecule has 1 unspecified atom stereocenters. The lowest BCUT2D eigenvalue weighted by Gasteiger charge is -2.23. The van der Waals surface area contributed by atoms with Crippen molar-refractivity contribution < 1.29 is 4.79 Å². The van der Waals surface area contributed by atoms with E-state index < -0.39 is 0 Å². The normalized spacial score (nSPS) is 21.1. The molecule has 1 heterocycles. The summed E-state index contributed by atoms with van der Waals surface area (Å²) in [5.74, 6) is 0.205. The molecule has 1 saturated heterocycles. The average molecular weight is 204 g/mol. The SMILES string of the molecule is Cc1ccc(N)cc1N1C(=O)CCC1C. The molecule has 0 bridgehead atoms. The van der Waals surface area contributed by atoms with Gasteiger partial charge in [-0.3, -0.25) is 4.79 Å². The highest BCUT2D eigenvalue weighted by molar-refractivity contribution is 5.97. The van der Waals surface area contributed by atoms with Crippen LogP contribution in [0.4, 0.5) is 11.4 Å². The number of nitrogens with two attached hydrogens (primary N) is 1. The molecule has 3 nitrogen and oxygen atoms in total. The number of rotatable bonds is 1. The maximum Gasteiger partial charge on any atom is 0.227 e. The second-order valence-corrected chi connectivity index (χ2v) is 4.20. The molecule has 0 saturated carbocycles. The van der Waals surface area contributed by atoms with Gasteiger partial charge in [-0.15, -0.1) is 0 Å². The van der Waals surface area contributed by atoms with E-state index in [1.165, 1.54) is 0 Å². The van der Waals surface area contributed by atoms with Crippen molar-refractivity contribution in [1.29, 1.82) is 0 Å². The predicted molar refractivity (Wildman–Crippen MR) is 61.8 cm³/mol. The van der Waals surface area contributed by atoms with Crippen LogP contribution in [-0.2, 0) is 4.79 Å². The molecule has 2 N–H and O–H groups in total. The van der Waals surface area contributed by atoms with Crippen LogP contribution in [0.15, 0.2) is 18.2 Å². The Morgan fingerprint density at radius 1 is 1.47 bits per heavy atom. The average Bonchev–Trinajstić information content (AvgIpc) is 2.51. The van der Waals surface area contributed by atoms with Crippen molar-refractivity contribution in [3.05, 3.63) is 23.8 Å². The molecule has 15 heavy (non-hydrogen) atoms. The zero-order chi connectivity index (χ0) is 11.0. The molecule has 1 aliphatic rings. The smallest absolute Gasteiger partial charge is 0.227 e. The van der Waals surface area contributed by atoms with E-state index in [0.29, 0.717) is 12.1 Å². The Labute approximate surface area is 89.9 Å². The first-order valence-corrected chi connectivity index (χ1v) is 5.28. The van der Waals surface area contributed by atoms with Gasteiger partial charge >= 0.3 is 0 Å². The molecule has 1 fully saturated rings. The number of benzene rings is 1. The minimum absolute atomic E-state index is 0.205. The molecular weight excluding hydrogens is 188 g/mol. The number of aryl methyl sites for hydroxylation is 1. The van der Waals surface area contributed by atoms with Gasteiger partial charge in [0.05, 0.1) is 0 Å². The topological polar surface area (TPSA) is 46.3 Å². The Morgan fingerprint density at radius 3 is 2.80 bits per heavy atom. The summed E-state index contributed by atoms with van der Waals surface area (Å²) in [6.45, 7) is 4.08. The highest BCUT2D eigenvalue weighted by atomic mass is 16.2. The highest BCUT2D eigenvalue weighted by Crippen LogP contribution is 2.30. The number of carbonyl (C=O) groups excluding carboxylic acids is 1.